The van der Waals surface area contributed by atoms with Crippen molar-refractivity contribution in [1.82, 2.24) is 0 Å². The average molecular weight is 380 g/mol. The molecule has 2 heteroatoms. The van der Waals surface area contributed by atoms with Gasteiger partial charge in [0.05, 0.1) is 7.11 Å². The Morgan fingerprint density at radius 1 is 0.517 bits per heavy atom. The Kier molecular flexibility index (Phi) is 5.62. The minimum Gasteiger partial charge on any atom is -0.497 e. The van der Waals surface area contributed by atoms with Crippen LogP contribution in [0.25, 0.3) is 11.1 Å². The number of rotatable bonds is 6. The highest BCUT2D eigenvalue weighted by Gasteiger charge is 2.02. The molecule has 0 bridgehead atoms. The van der Waals surface area contributed by atoms with Crippen LogP contribution in [0.4, 0.5) is 0 Å². The largest absolute Gasteiger partial charge is 0.497 e. The molecule has 0 aromatic heterocycles. The molecular formula is C27H24O2. The van der Waals surface area contributed by atoms with E-state index in [4.69, 9.17) is 9.47 Å². The van der Waals surface area contributed by atoms with Crippen LogP contribution in [-0.4, -0.2) is 7.11 Å². The number of aryl methyl sites for hydroxylation is 1. The molecule has 0 aliphatic carbocycles. The Labute approximate surface area is 172 Å². The average Bonchev–Trinajstić information content (AvgIpc) is 2.77. The second-order valence-corrected chi connectivity index (χ2v) is 7.16. The first-order valence-corrected chi connectivity index (χ1v) is 9.76. The lowest BCUT2D eigenvalue weighted by atomic mass is 10.0. The molecule has 0 heterocycles. The minimum absolute atomic E-state index is 0.837. The standard InChI is InChI=1S/C27H24O2/c1-20-3-9-23(10-4-20)24-11-17-27(18-12-24)29-26-15-7-22(8-16-26)19-21-5-13-25(28-2)14-6-21/h3-18H,19H2,1-2H3. The van der Waals surface area contributed by atoms with E-state index in [1.54, 1.807) is 7.11 Å². The lowest BCUT2D eigenvalue weighted by Gasteiger charge is -2.09. The van der Waals surface area contributed by atoms with Gasteiger partial charge in [-0.05, 0) is 72.0 Å². The summed E-state index contributed by atoms with van der Waals surface area (Å²) in [7, 11) is 1.68. The highest BCUT2D eigenvalue weighted by atomic mass is 16.5. The van der Waals surface area contributed by atoms with Crippen molar-refractivity contribution in [2.24, 2.45) is 0 Å². The predicted octanol–water partition coefficient (Wildman–Crippen LogP) is 7.05. The van der Waals surface area contributed by atoms with Crippen molar-refractivity contribution in [1.29, 1.82) is 0 Å². The molecule has 29 heavy (non-hydrogen) atoms. The summed E-state index contributed by atoms with van der Waals surface area (Å²) in [5, 5.41) is 0. The highest BCUT2D eigenvalue weighted by molar-refractivity contribution is 5.64. The summed E-state index contributed by atoms with van der Waals surface area (Å²) in [6.07, 6.45) is 0.884. The van der Waals surface area contributed by atoms with E-state index in [2.05, 4.69) is 67.6 Å². The Morgan fingerprint density at radius 2 is 0.931 bits per heavy atom. The van der Waals surface area contributed by atoms with Gasteiger partial charge in [0.1, 0.15) is 17.2 Å². The maximum absolute atomic E-state index is 6.01. The van der Waals surface area contributed by atoms with Gasteiger partial charge in [0, 0.05) is 0 Å². The normalized spacial score (nSPS) is 10.6. The van der Waals surface area contributed by atoms with Gasteiger partial charge < -0.3 is 9.47 Å². The molecular weight excluding hydrogens is 356 g/mol. The van der Waals surface area contributed by atoms with Gasteiger partial charge >= 0.3 is 0 Å². The molecule has 144 valence electrons. The number of ether oxygens (including phenoxy) is 2. The van der Waals surface area contributed by atoms with Crippen LogP contribution in [0.3, 0.4) is 0 Å². The van der Waals surface area contributed by atoms with Crippen molar-refractivity contribution in [2.45, 2.75) is 13.3 Å². The molecule has 0 radical (unpaired) electrons. The van der Waals surface area contributed by atoms with Crippen molar-refractivity contribution in [3.63, 3.8) is 0 Å². The third-order valence-corrected chi connectivity index (χ3v) is 4.97. The fourth-order valence-electron chi connectivity index (χ4n) is 3.25. The van der Waals surface area contributed by atoms with Crippen LogP contribution in [-0.2, 0) is 6.42 Å². The zero-order valence-electron chi connectivity index (χ0n) is 16.8. The zero-order chi connectivity index (χ0) is 20.1. The molecule has 2 nitrogen and oxygen atoms in total. The van der Waals surface area contributed by atoms with E-state index in [0.717, 1.165) is 23.7 Å². The van der Waals surface area contributed by atoms with Gasteiger partial charge in [0.2, 0.25) is 0 Å². The highest BCUT2D eigenvalue weighted by Crippen LogP contribution is 2.26. The van der Waals surface area contributed by atoms with Gasteiger partial charge in [-0.25, -0.2) is 0 Å². The third kappa shape index (κ3) is 4.85. The molecule has 0 spiro atoms. The van der Waals surface area contributed by atoms with Crippen LogP contribution in [0.1, 0.15) is 16.7 Å². The molecule has 0 amide bonds. The summed E-state index contributed by atoms with van der Waals surface area (Å²) >= 11 is 0. The minimum atomic E-state index is 0.837. The Hall–Kier alpha value is -3.52. The second kappa shape index (κ2) is 8.66. The first kappa shape index (κ1) is 18.8. The predicted molar refractivity (Wildman–Crippen MR) is 119 cm³/mol. The summed E-state index contributed by atoms with van der Waals surface area (Å²) in [4.78, 5) is 0. The van der Waals surface area contributed by atoms with Gasteiger partial charge in [-0.1, -0.05) is 66.2 Å². The fourth-order valence-corrected chi connectivity index (χ4v) is 3.25. The van der Waals surface area contributed by atoms with Crippen molar-refractivity contribution < 1.29 is 9.47 Å². The SMILES string of the molecule is COc1ccc(Cc2ccc(Oc3ccc(-c4ccc(C)cc4)cc3)cc2)cc1. The summed E-state index contributed by atoms with van der Waals surface area (Å²) in [5.41, 5.74) is 6.17. The lowest BCUT2D eigenvalue weighted by molar-refractivity contribution is 0.414. The number of benzene rings is 4. The van der Waals surface area contributed by atoms with Crippen molar-refractivity contribution in [2.75, 3.05) is 7.11 Å². The molecule has 0 saturated carbocycles. The van der Waals surface area contributed by atoms with E-state index >= 15 is 0 Å². The van der Waals surface area contributed by atoms with Gasteiger partial charge in [0.25, 0.3) is 0 Å². The maximum atomic E-state index is 6.01. The van der Waals surface area contributed by atoms with Crippen LogP contribution in [0.2, 0.25) is 0 Å². The Bertz CT molecular complexity index is 1050. The summed E-state index contributed by atoms with van der Waals surface area (Å²) in [5.74, 6) is 2.56. The number of hydrogen-bond donors (Lipinski definition) is 0. The molecule has 0 aliphatic rings. The van der Waals surface area contributed by atoms with Crippen LogP contribution in [0.15, 0.2) is 97.1 Å². The molecule has 0 N–H and O–H groups in total. The molecule has 0 fully saturated rings. The van der Waals surface area contributed by atoms with E-state index in [9.17, 15) is 0 Å². The molecule has 4 rings (SSSR count). The molecule has 0 atom stereocenters. The first-order chi connectivity index (χ1) is 14.2. The van der Waals surface area contributed by atoms with E-state index in [0.29, 0.717) is 0 Å². The van der Waals surface area contributed by atoms with Crippen molar-refractivity contribution in [3.8, 4) is 28.4 Å². The molecule has 4 aromatic rings. The monoisotopic (exact) mass is 380 g/mol. The summed E-state index contributed by atoms with van der Waals surface area (Å²) in [6, 6.07) is 33.2. The molecule has 0 unspecified atom stereocenters. The third-order valence-electron chi connectivity index (χ3n) is 4.97. The summed E-state index contributed by atoms with van der Waals surface area (Å²) < 4.78 is 11.2. The molecule has 4 aromatic carbocycles. The van der Waals surface area contributed by atoms with Crippen molar-refractivity contribution in [3.05, 3.63) is 114 Å². The van der Waals surface area contributed by atoms with Gasteiger partial charge in [-0.15, -0.1) is 0 Å². The molecule has 0 saturated heterocycles. The van der Waals surface area contributed by atoms with E-state index in [1.807, 2.05) is 36.4 Å². The Balaban J connectivity index is 1.39. The van der Waals surface area contributed by atoms with Gasteiger partial charge in [-0.2, -0.15) is 0 Å². The smallest absolute Gasteiger partial charge is 0.127 e. The second-order valence-electron chi connectivity index (χ2n) is 7.16. The van der Waals surface area contributed by atoms with E-state index < -0.39 is 0 Å². The Morgan fingerprint density at radius 3 is 1.41 bits per heavy atom. The van der Waals surface area contributed by atoms with Gasteiger partial charge in [-0.3, -0.25) is 0 Å². The molecule has 0 aliphatic heterocycles. The number of methoxy groups -OCH3 is 1. The van der Waals surface area contributed by atoms with Crippen LogP contribution < -0.4 is 9.47 Å². The number of hydrogen-bond acceptors (Lipinski definition) is 2. The van der Waals surface area contributed by atoms with Crippen molar-refractivity contribution >= 4 is 0 Å². The van der Waals surface area contributed by atoms with Crippen LogP contribution in [0, 0.1) is 6.92 Å². The van der Waals surface area contributed by atoms with E-state index in [-0.39, 0.29) is 0 Å². The maximum Gasteiger partial charge on any atom is 0.127 e. The summed E-state index contributed by atoms with van der Waals surface area (Å²) in [6.45, 7) is 2.10. The van der Waals surface area contributed by atoms with E-state index in [1.165, 1.54) is 27.8 Å². The van der Waals surface area contributed by atoms with Gasteiger partial charge in [0.15, 0.2) is 0 Å². The topological polar surface area (TPSA) is 18.5 Å². The lowest BCUT2D eigenvalue weighted by Crippen LogP contribution is -1.90. The first-order valence-electron chi connectivity index (χ1n) is 9.76. The fraction of sp³-hybridized carbons (Fsp3) is 0.111. The van der Waals surface area contributed by atoms with Crippen LogP contribution >= 0.6 is 0 Å². The quantitative estimate of drug-likeness (QED) is 0.357. The van der Waals surface area contributed by atoms with Crippen LogP contribution in [0.5, 0.6) is 17.2 Å². The zero-order valence-corrected chi connectivity index (χ0v) is 16.8.